The molecular formula is C16H22N2O2S. The third kappa shape index (κ3) is 4.81. The maximum absolute atomic E-state index is 8.72. The van der Waals surface area contributed by atoms with Crippen molar-refractivity contribution >= 4 is 11.3 Å². The fraction of sp³-hybridized carbons (Fsp3) is 0.438. The second kappa shape index (κ2) is 8.77. The Labute approximate surface area is 129 Å². The summed E-state index contributed by atoms with van der Waals surface area (Å²) >= 11 is 1.68. The van der Waals surface area contributed by atoms with Crippen LogP contribution in [0.1, 0.15) is 18.4 Å². The van der Waals surface area contributed by atoms with Gasteiger partial charge in [-0.05, 0) is 32.0 Å². The van der Waals surface area contributed by atoms with E-state index in [1.807, 2.05) is 31.2 Å². The van der Waals surface area contributed by atoms with Gasteiger partial charge in [0.25, 0.3) is 0 Å². The summed E-state index contributed by atoms with van der Waals surface area (Å²) in [7, 11) is 0. The first-order valence-electron chi connectivity index (χ1n) is 7.33. The largest absolute Gasteiger partial charge is 0.493 e. The summed E-state index contributed by atoms with van der Waals surface area (Å²) in [4.78, 5) is 4.69. The molecule has 2 aromatic rings. The van der Waals surface area contributed by atoms with Crippen molar-refractivity contribution < 1.29 is 9.84 Å². The summed E-state index contributed by atoms with van der Waals surface area (Å²) in [6.45, 7) is 4.62. The van der Waals surface area contributed by atoms with Gasteiger partial charge < -0.3 is 15.2 Å². The SMILES string of the molecule is CCOc1ccccc1-c1csc(CCNCCCO)n1. The summed E-state index contributed by atoms with van der Waals surface area (Å²) < 4.78 is 5.65. The maximum atomic E-state index is 8.72. The van der Waals surface area contributed by atoms with Gasteiger partial charge in [0.2, 0.25) is 0 Å². The zero-order valence-electron chi connectivity index (χ0n) is 12.3. The predicted octanol–water partition coefficient (Wildman–Crippen LogP) is 2.72. The summed E-state index contributed by atoms with van der Waals surface area (Å²) in [5, 5.41) is 15.2. The van der Waals surface area contributed by atoms with E-state index < -0.39 is 0 Å². The number of aromatic nitrogens is 1. The highest BCUT2D eigenvalue weighted by molar-refractivity contribution is 7.09. The Morgan fingerprint density at radius 3 is 2.95 bits per heavy atom. The number of aliphatic hydroxyl groups is 1. The van der Waals surface area contributed by atoms with Crippen molar-refractivity contribution in [1.82, 2.24) is 10.3 Å². The number of nitrogens with zero attached hydrogens (tertiary/aromatic N) is 1. The monoisotopic (exact) mass is 306 g/mol. The van der Waals surface area contributed by atoms with Gasteiger partial charge in [-0.1, -0.05) is 12.1 Å². The first-order chi connectivity index (χ1) is 10.3. The van der Waals surface area contributed by atoms with E-state index in [0.717, 1.165) is 47.9 Å². The molecule has 5 heteroatoms. The first kappa shape index (κ1) is 15.9. The highest BCUT2D eigenvalue weighted by Crippen LogP contribution is 2.30. The lowest BCUT2D eigenvalue weighted by atomic mass is 10.1. The van der Waals surface area contributed by atoms with E-state index in [9.17, 15) is 0 Å². The van der Waals surface area contributed by atoms with Gasteiger partial charge >= 0.3 is 0 Å². The average molecular weight is 306 g/mol. The summed E-state index contributed by atoms with van der Waals surface area (Å²) in [5.41, 5.74) is 2.03. The second-order valence-electron chi connectivity index (χ2n) is 4.63. The van der Waals surface area contributed by atoms with Gasteiger partial charge in [0, 0.05) is 30.5 Å². The highest BCUT2D eigenvalue weighted by Gasteiger charge is 2.09. The van der Waals surface area contributed by atoms with Crippen molar-refractivity contribution in [3.8, 4) is 17.0 Å². The minimum Gasteiger partial charge on any atom is -0.493 e. The maximum Gasteiger partial charge on any atom is 0.128 e. The smallest absolute Gasteiger partial charge is 0.128 e. The van der Waals surface area contributed by atoms with Crippen LogP contribution in [-0.2, 0) is 6.42 Å². The van der Waals surface area contributed by atoms with Crippen molar-refractivity contribution in [2.45, 2.75) is 19.8 Å². The highest BCUT2D eigenvalue weighted by atomic mass is 32.1. The van der Waals surface area contributed by atoms with Crippen molar-refractivity contribution in [1.29, 1.82) is 0 Å². The fourth-order valence-corrected chi connectivity index (χ4v) is 2.83. The van der Waals surface area contributed by atoms with Crippen molar-refractivity contribution in [3.63, 3.8) is 0 Å². The predicted molar refractivity (Wildman–Crippen MR) is 87.0 cm³/mol. The number of para-hydroxylation sites is 1. The number of thiazole rings is 1. The number of nitrogens with one attached hydrogen (secondary N) is 1. The lowest BCUT2D eigenvalue weighted by Crippen LogP contribution is -2.19. The Morgan fingerprint density at radius 1 is 1.29 bits per heavy atom. The topological polar surface area (TPSA) is 54.4 Å². The fourth-order valence-electron chi connectivity index (χ4n) is 2.03. The molecule has 0 saturated heterocycles. The molecular weight excluding hydrogens is 284 g/mol. The molecule has 4 nitrogen and oxygen atoms in total. The van der Waals surface area contributed by atoms with E-state index in [2.05, 4.69) is 10.7 Å². The number of ether oxygens (including phenoxy) is 1. The molecule has 21 heavy (non-hydrogen) atoms. The number of hydrogen-bond donors (Lipinski definition) is 2. The van der Waals surface area contributed by atoms with Crippen LogP contribution in [0.15, 0.2) is 29.6 Å². The molecule has 0 fully saturated rings. The van der Waals surface area contributed by atoms with Crippen LogP contribution in [0.2, 0.25) is 0 Å². The molecule has 0 radical (unpaired) electrons. The van der Waals surface area contributed by atoms with Crippen LogP contribution >= 0.6 is 11.3 Å². The normalized spacial score (nSPS) is 10.8. The average Bonchev–Trinajstić information content (AvgIpc) is 2.97. The van der Waals surface area contributed by atoms with Crippen LogP contribution in [0.5, 0.6) is 5.75 Å². The second-order valence-corrected chi connectivity index (χ2v) is 5.58. The molecule has 1 aromatic carbocycles. The number of rotatable bonds is 9. The van der Waals surface area contributed by atoms with Crippen LogP contribution in [0.3, 0.4) is 0 Å². The molecule has 0 aliphatic rings. The van der Waals surface area contributed by atoms with E-state index >= 15 is 0 Å². The molecule has 0 saturated carbocycles. The van der Waals surface area contributed by atoms with Gasteiger partial charge in [0.15, 0.2) is 0 Å². The zero-order valence-corrected chi connectivity index (χ0v) is 13.2. The Bertz CT molecular complexity index is 543. The summed E-state index contributed by atoms with van der Waals surface area (Å²) in [6.07, 6.45) is 1.71. The Hall–Kier alpha value is -1.43. The van der Waals surface area contributed by atoms with Gasteiger partial charge in [-0.2, -0.15) is 0 Å². The van der Waals surface area contributed by atoms with Gasteiger partial charge in [-0.25, -0.2) is 4.98 Å². The van der Waals surface area contributed by atoms with Crippen molar-refractivity contribution in [2.24, 2.45) is 0 Å². The molecule has 0 aliphatic carbocycles. The lowest BCUT2D eigenvalue weighted by Gasteiger charge is -2.07. The summed E-state index contributed by atoms with van der Waals surface area (Å²) in [5.74, 6) is 0.887. The molecule has 1 heterocycles. The van der Waals surface area contributed by atoms with Crippen LogP contribution < -0.4 is 10.1 Å². The van der Waals surface area contributed by atoms with Crippen LogP contribution in [0.4, 0.5) is 0 Å². The molecule has 0 bridgehead atoms. The Morgan fingerprint density at radius 2 is 2.14 bits per heavy atom. The Kier molecular flexibility index (Phi) is 6.66. The van der Waals surface area contributed by atoms with Gasteiger partial charge in [0.05, 0.1) is 17.3 Å². The van der Waals surface area contributed by atoms with E-state index in [-0.39, 0.29) is 6.61 Å². The van der Waals surface area contributed by atoms with Gasteiger partial charge in [-0.15, -0.1) is 11.3 Å². The quantitative estimate of drug-likeness (QED) is 0.700. The van der Waals surface area contributed by atoms with Crippen LogP contribution in [-0.4, -0.2) is 36.4 Å². The number of aliphatic hydroxyl groups excluding tert-OH is 1. The first-order valence-corrected chi connectivity index (χ1v) is 8.21. The summed E-state index contributed by atoms with van der Waals surface area (Å²) in [6, 6.07) is 8.01. The molecule has 1 aromatic heterocycles. The molecule has 2 N–H and O–H groups in total. The van der Waals surface area contributed by atoms with Crippen molar-refractivity contribution in [2.75, 3.05) is 26.3 Å². The molecule has 0 amide bonds. The molecule has 0 atom stereocenters. The van der Waals surface area contributed by atoms with E-state index in [1.54, 1.807) is 11.3 Å². The minimum absolute atomic E-state index is 0.239. The van der Waals surface area contributed by atoms with Crippen LogP contribution in [0, 0.1) is 0 Å². The lowest BCUT2D eigenvalue weighted by molar-refractivity contribution is 0.286. The molecule has 0 unspecified atom stereocenters. The molecule has 114 valence electrons. The Balaban J connectivity index is 1.96. The molecule has 0 spiro atoms. The van der Waals surface area contributed by atoms with Gasteiger partial charge in [-0.3, -0.25) is 0 Å². The van der Waals surface area contributed by atoms with Crippen molar-refractivity contribution in [3.05, 3.63) is 34.7 Å². The van der Waals surface area contributed by atoms with E-state index in [1.165, 1.54) is 0 Å². The number of benzene rings is 1. The third-order valence-corrected chi connectivity index (χ3v) is 3.95. The van der Waals surface area contributed by atoms with E-state index in [4.69, 9.17) is 14.8 Å². The number of hydrogen-bond acceptors (Lipinski definition) is 5. The molecule has 0 aliphatic heterocycles. The minimum atomic E-state index is 0.239. The molecule has 2 rings (SSSR count). The van der Waals surface area contributed by atoms with E-state index in [0.29, 0.717) is 6.61 Å². The standard InChI is InChI=1S/C16H22N2O2S/c1-2-20-15-7-4-3-6-13(15)14-12-21-16(18-14)8-10-17-9-5-11-19/h3-4,6-7,12,17,19H,2,5,8-11H2,1H3. The third-order valence-electron chi connectivity index (χ3n) is 3.04. The zero-order chi connectivity index (χ0) is 14.9. The van der Waals surface area contributed by atoms with Gasteiger partial charge in [0.1, 0.15) is 5.75 Å². The van der Waals surface area contributed by atoms with Crippen LogP contribution in [0.25, 0.3) is 11.3 Å².